The van der Waals surface area contributed by atoms with Crippen molar-refractivity contribution in [1.29, 1.82) is 0 Å². The summed E-state index contributed by atoms with van der Waals surface area (Å²) in [5, 5.41) is 5.22. The summed E-state index contributed by atoms with van der Waals surface area (Å²) >= 11 is 0. The predicted octanol–water partition coefficient (Wildman–Crippen LogP) is 1.97. The molecule has 0 fully saturated rings. The number of aryl methyl sites for hydroxylation is 1. The molecule has 0 saturated carbocycles. The van der Waals surface area contributed by atoms with Crippen molar-refractivity contribution in [2.45, 2.75) is 17.9 Å². The fourth-order valence-corrected chi connectivity index (χ4v) is 2.46. The Labute approximate surface area is 130 Å². The molecule has 0 saturated heterocycles. The van der Waals surface area contributed by atoms with Gasteiger partial charge in [0.05, 0.1) is 22.0 Å². The fourth-order valence-electron chi connectivity index (χ4n) is 1.87. The molecule has 0 aliphatic carbocycles. The minimum atomic E-state index is -1.39. The number of hydrogen-bond acceptors (Lipinski definition) is 3. The number of amides is 2. The number of urea groups is 1. The van der Waals surface area contributed by atoms with Crippen LogP contribution in [0.15, 0.2) is 41.8 Å². The van der Waals surface area contributed by atoms with Gasteiger partial charge in [0.15, 0.2) is 0 Å². The number of hydrogen-bond donors (Lipinski definition) is 2. The zero-order chi connectivity index (χ0) is 15.9. The number of nitrogens with zero attached hydrogens (tertiary/aromatic N) is 2. The summed E-state index contributed by atoms with van der Waals surface area (Å²) in [7, 11) is -1.39. The van der Waals surface area contributed by atoms with E-state index < -0.39 is 22.6 Å². The van der Waals surface area contributed by atoms with Gasteiger partial charge in [-0.25, -0.2) is 14.2 Å². The van der Waals surface area contributed by atoms with Crippen molar-refractivity contribution in [3.05, 3.63) is 42.7 Å². The number of carbonyl (C=O) groups is 1. The molecule has 118 valence electrons. The molecular formula is C14H17FN4O2S. The van der Waals surface area contributed by atoms with Crippen molar-refractivity contribution in [3.63, 3.8) is 0 Å². The highest BCUT2D eigenvalue weighted by Crippen LogP contribution is 2.16. The van der Waals surface area contributed by atoms with E-state index in [2.05, 4.69) is 15.6 Å². The molecular weight excluding hydrogens is 307 g/mol. The van der Waals surface area contributed by atoms with E-state index in [9.17, 15) is 13.4 Å². The highest BCUT2D eigenvalue weighted by Gasteiger charge is 2.08. The van der Waals surface area contributed by atoms with Crippen LogP contribution in [-0.4, -0.2) is 32.6 Å². The topological polar surface area (TPSA) is 76.0 Å². The van der Waals surface area contributed by atoms with Gasteiger partial charge in [0.25, 0.3) is 0 Å². The molecule has 1 heterocycles. The molecule has 2 N–H and O–H groups in total. The molecule has 6 nitrogen and oxygen atoms in total. The number of imidazole rings is 1. The average Bonchev–Trinajstić information content (AvgIpc) is 2.96. The summed E-state index contributed by atoms with van der Waals surface area (Å²) in [5.41, 5.74) is 0.318. The maximum absolute atomic E-state index is 13.6. The molecule has 0 aliphatic heterocycles. The quantitative estimate of drug-likeness (QED) is 0.798. The minimum Gasteiger partial charge on any atom is -0.338 e. The first-order valence-corrected chi connectivity index (χ1v) is 8.25. The Balaban J connectivity index is 1.77. The molecule has 0 spiro atoms. The predicted molar refractivity (Wildman–Crippen MR) is 82.6 cm³/mol. The first-order chi connectivity index (χ1) is 10.6. The third-order valence-electron chi connectivity index (χ3n) is 2.94. The highest BCUT2D eigenvalue weighted by molar-refractivity contribution is 7.84. The van der Waals surface area contributed by atoms with Crippen LogP contribution in [0.5, 0.6) is 0 Å². The lowest BCUT2D eigenvalue weighted by molar-refractivity contribution is 0.252. The molecule has 2 amide bonds. The first-order valence-electron chi connectivity index (χ1n) is 6.70. The number of benzene rings is 1. The lowest BCUT2D eigenvalue weighted by Crippen LogP contribution is -2.30. The Morgan fingerprint density at radius 2 is 2.27 bits per heavy atom. The van der Waals surface area contributed by atoms with Gasteiger partial charge in [-0.1, -0.05) is 0 Å². The minimum absolute atomic E-state index is 0.117. The lowest BCUT2D eigenvalue weighted by atomic mass is 10.3. The van der Waals surface area contributed by atoms with Gasteiger partial charge in [-0.2, -0.15) is 0 Å². The second-order valence-corrected chi connectivity index (χ2v) is 5.98. The maximum atomic E-state index is 13.6. The zero-order valence-corrected chi connectivity index (χ0v) is 12.9. The second-order valence-electron chi connectivity index (χ2n) is 4.63. The van der Waals surface area contributed by atoms with Crippen LogP contribution >= 0.6 is 0 Å². The van der Waals surface area contributed by atoms with Crippen molar-refractivity contribution in [3.8, 4) is 0 Å². The van der Waals surface area contributed by atoms with E-state index in [1.54, 1.807) is 12.5 Å². The van der Waals surface area contributed by atoms with Gasteiger partial charge in [-0.15, -0.1) is 0 Å². The van der Waals surface area contributed by atoms with Crippen LogP contribution in [0.25, 0.3) is 0 Å². The van der Waals surface area contributed by atoms with E-state index in [-0.39, 0.29) is 4.90 Å². The van der Waals surface area contributed by atoms with Crippen molar-refractivity contribution in [2.75, 3.05) is 18.1 Å². The van der Waals surface area contributed by atoms with Gasteiger partial charge in [0, 0.05) is 37.4 Å². The van der Waals surface area contributed by atoms with Crippen LogP contribution in [0, 0.1) is 5.82 Å². The molecule has 22 heavy (non-hydrogen) atoms. The summed E-state index contributed by atoms with van der Waals surface area (Å²) < 4.78 is 26.8. The Morgan fingerprint density at radius 3 is 2.91 bits per heavy atom. The van der Waals surface area contributed by atoms with Crippen LogP contribution in [-0.2, 0) is 17.3 Å². The molecule has 1 aromatic carbocycles. The normalized spacial score (nSPS) is 11.9. The Morgan fingerprint density at radius 1 is 1.45 bits per heavy atom. The highest BCUT2D eigenvalue weighted by atomic mass is 32.2. The summed E-state index contributed by atoms with van der Waals surface area (Å²) in [5.74, 6) is -0.598. The molecule has 1 aromatic heterocycles. The zero-order valence-electron chi connectivity index (χ0n) is 12.1. The molecule has 0 radical (unpaired) electrons. The van der Waals surface area contributed by atoms with Crippen molar-refractivity contribution in [1.82, 2.24) is 14.9 Å². The molecule has 8 heteroatoms. The smallest absolute Gasteiger partial charge is 0.319 e. The van der Waals surface area contributed by atoms with Crippen molar-refractivity contribution in [2.24, 2.45) is 0 Å². The monoisotopic (exact) mass is 324 g/mol. The SMILES string of the molecule is C[S@](=O)c1ccc(NC(=O)NCCCn2ccnc2)cc1F. The van der Waals surface area contributed by atoms with Crippen LogP contribution < -0.4 is 10.6 Å². The molecule has 1 atom stereocenters. The summed E-state index contributed by atoms with van der Waals surface area (Å²) in [6, 6.07) is 3.67. The molecule has 2 aromatic rings. The maximum Gasteiger partial charge on any atom is 0.319 e. The van der Waals surface area contributed by atoms with E-state index in [4.69, 9.17) is 0 Å². The van der Waals surface area contributed by atoms with Gasteiger partial charge in [0.1, 0.15) is 5.82 Å². The van der Waals surface area contributed by atoms with E-state index in [1.807, 2.05) is 10.8 Å². The van der Waals surface area contributed by atoms with E-state index in [0.717, 1.165) is 19.0 Å². The number of halogens is 1. The van der Waals surface area contributed by atoms with Gasteiger partial charge in [-0.3, -0.25) is 4.21 Å². The molecule has 0 aliphatic rings. The number of aromatic nitrogens is 2. The Kier molecular flexibility index (Phi) is 5.65. The second kappa shape index (κ2) is 7.69. The first kappa shape index (κ1) is 16.2. The number of anilines is 1. The number of nitrogens with one attached hydrogen (secondary N) is 2. The van der Waals surface area contributed by atoms with E-state index >= 15 is 0 Å². The van der Waals surface area contributed by atoms with Gasteiger partial charge in [-0.05, 0) is 24.6 Å². The lowest BCUT2D eigenvalue weighted by Gasteiger charge is -2.09. The standard InChI is InChI=1S/C14H17FN4O2S/c1-22(21)13-4-3-11(9-12(13)15)18-14(20)17-5-2-7-19-8-6-16-10-19/h3-4,6,8-10H,2,5,7H2,1H3,(H2,17,18,20)/t22-/m0/s1. The Bertz CT molecular complexity index is 661. The third kappa shape index (κ3) is 4.66. The van der Waals surface area contributed by atoms with E-state index in [0.29, 0.717) is 12.2 Å². The van der Waals surface area contributed by atoms with Gasteiger partial charge in [0.2, 0.25) is 0 Å². The fraction of sp³-hybridized carbons (Fsp3) is 0.286. The largest absolute Gasteiger partial charge is 0.338 e. The average molecular weight is 324 g/mol. The van der Waals surface area contributed by atoms with Crippen LogP contribution in [0.3, 0.4) is 0 Å². The summed E-state index contributed by atoms with van der Waals surface area (Å²) in [6.45, 7) is 1.25. The molecule has 2 rings (SSSR count). The third-order valence-corrected chi connectivity index (χ3v) is 3.89. The number of rotatable bonds is 6. The van der Waals surface area contributed by atoms with Gasteiger partial charge < -0.3 is 15.2 Å². The van der Waals surface area contributed by atoms with Crippen molar-refractivity contribution < 1.29 is 13.4 Å². The van der Waals surface area contributed by atoms with Crippen LogP contribution in [0.1, 0.15) is 6.42 Å². The van der Waals surface area contributed by atoms with Gasteiger partial charge >= 0.3 is 6.03 Å². The van der Waals surface area contributed by atoms with Crippen molar-refractivity contribution >= 4 is 22.5 Å². The molecule has 0 unspecified atom stereocenters. The van der Waals surface area contributed by atoms with E-state index in [1.165, 1.54) is 18.4 Å². The van der Waals surface area contributed by atoms with Crippen LogP contribution in [0.4, 0.5) is 14.9 Å². The summed E-state index contributed by atoms with van der Waals surface area (Å²) in [4.78, 5) is 15.7. The number of carbonyl (C=O) groups excluding carboxylic acids is 1. The Hall–Kier alpha value is -2.22. The summed E-state index contributed by atoms with van der Waals surface area (Å²) in [6.07, 6.45) is 7.41. The van der Waals surface area contributed by atoms with Crippen LogP contribution in [0.2, 0.25) is 0 Å². The molecule has 0 bridgehead atoms.